The summed E-state index contributed by atoms with van der Waals surface area (Å²) in [6.45, 7) is 2.08. The lowest BCUT2D eigenvalue weighted by Gasteiger charge is -2.07. The predicted octanol–water partition coefficient (Wildman–Crippen LogP) is 1.40. The molecule has 12 heavy (non-hydrogen) atoms. The Morgan fingerprint density at radius 2 is 2.50 bits per heavy atom. The van der Waals surface area contributed by atoms with Crippen molar-refractivity contribution >= 4 is 0 Å². The van der Waals surface area contributed by atoms with Crippen LogP contribution in [0.4, 0.5) is 0 Å². The van der Waals surface area contributed by atoms with E-state index in [2.05, 4.69) is 11.9 Å². The van der Waals surface area contributed by atoms with Crippen LogP contribution < -0.4 is 0 Å². The van der Waals surface area contributed by atoms with E-state index < -0.39 is 5.60 Å². The monoisotopic (exact) mass is 163 g/mol. The van der Waals surface area contributed by atoms with Crippen molar-refractivity contribution in [3.05, 3.63) is 30.1 Å². The molecule has 0 aliphatic heterocycles. The molecule has 0 saturated heterocycles. The van der Waals surface area contributed by atoms with E-state index in [9.17, 15) is 5.11 Å². The Bertz CT molecular complexity index is 272. The number of pyridine rings is 1. The number of rotatable bonds is 2. The van der Waals surface area contributed by atoms with Gasteiger partial charge in [-0.25, -0.2) is 0 Å². The molecule has 1 aliphatic carbocycles. The van der Waals surface area contributed by atoms with E-state index in [-0.39, 0.29) is 0 Å². The van der Waals surface area contributed by atoms with Gasteiger partial charge in [0.25, 0.3) is 0 Å². The lowest BCUT2D eigenvalue weighted by molar-refractivity contribution is 0.134. The van der Waals surface area contributed by atoms with Crippen LogP contribution in [0.5, 0.6) is 0 Å². The molecule has 1 N–H and O–H groups in total. The summed E-state index contributed by atoms with van der Waals surface area (Å²) in [6.07, 6.45) is 5.26. The summed E-state index contributed by atoms with van der Waals surface area (Å²) in [5.41, 5.74) is 0.701. The first-order valence-electron chi connectivity index (χ1n) is 4.32. The number of nitrogens with zero attached hydrogens (tertiary/aromatic N) is 1. The van der Waals surface area contributed by atoms with Crippen LogP contribution in [0.15, 0.2) is 24.5 Å². The van der Waals surface area contributed by atoms with Crippen molar-refractivity contribution in [2.45, 2.75) is 25.4 Å². The van der Waals surface area contributed by atoms with Gasteiger partial charge in [-0.2, -0.15) is 0 Å². The summed E-state index contributed by atoms with van der Waals surface area (Å²) in [7, 11) is 0. The third kappa shape index (κ3) is 1.34. The summed E-state index contributed by atoms with van der Waals surface area (Å²) in [5, 5.41) is 9.82. The Morgan fingerprint density at radius 1 is 1.75 bits per heavy atom. The van der Waals surface area contributed by atoms with Gasteiger partial charge < -0.3 is 5.11 Å². The summed E-state index contributed by atoms with van der Waals surface area (Å²) in [5.74, 6) is 0.456. The van der Waals surface area contributed by atoms with Crippen LogP contribution in [-0.2, 0) is 6.42 Å². The number of aromatic nitrogens is 1. The molecule has 1 fully saturated rings. The Balaban J connectivity index is 2.06. The lowest BCUT2D eigenvalue weighted by Crippen LogP contribution is -2.13. The Hall–Kier alpha value is -0.890. The van der Waals surface area contributed by atoms with Crippen LogP contribution in [0.3, 0.4) is 0 Å². The number of hydrogen-bond donors (Lipinski definition) is 1. The zero-order valence-electron chi connectivity index (χ0n) is 7.20. The second-order valence-electron chi connectivity index (χ2n) is 3.75. The van der Waals surface area contributed by atoms with Gasteiger partial charge in [-0.1, -0.05) is 13.0 Å². The Kier molecular flexibility index (Phi) is 1.65. The molecule has 0 aromatic carbocycles. The molecule has 1 aliphatic rings. The Labute approximate surface area is 72.3 Å². The normalized spacial score (nSPS) is 33.3. The fourth-order valence-electron chi connectivity index (χ4n) is 1.57. The highest BCUT2D eigenvalue weighted by Crippen LogP contribution is 2.45. The van der Waals surface area contributed by atoms with Gasteiger partial charge >= 0.3 is 0 Å². The summed E-state index contributed by atoms with van der Waals surface area (Å²) in [6, 6.07) is 3.92. The van der Waals surface area contributed by atoms with Gasteiger partial charge in [0.2, 0.25) is 0 Å². The molecule has 0 bridgehead atoms. The maximum atomic E-state index is 9.82. The molecule has 2 unspecified atom stereocenters. The maximum Gasteiger partial charge on any atom is 0.0718 e. The van der Waals surface area contributed by atoms with E-state index in [1.807, 2.05) is 18.3 Å². The van der Waals surface area contributed by atoms with Crippen LogP contribution in [0, 0.1) is 5.92 Å². The van der Waals surface area contributed by atoms with E-state index in [4.69, 9.17) is 0 Å². The standard InChI is InChI=1S/C10H13NO/c1-8-5-10(8,12)6-9-3-2-4-11-7-9/h2-4,7-8,12H,5-6H2,1H3. The fourth-order valence-corrected chi connectivity index (χ4v) is 1.57. The quantitative estimate of drug-likeness (QED) is 0.714. The SMILES string of the molecule is CC1CC1(O)Cc1cccnc1. The van der Waals surface area contributed by atoms with E-state index in [1.54, 1.807) is 6.20 Å². The van der Waals surface area contributed by atoms with Gasteiger partial charge in [0.1, 0.15) is 0 Å². The van der Waals surface area contributed by atoms with E-state index in [1.165, 1.54) is 0 Å². The van der Waals surface area contributed by atoms with Crippen molar-refractivity contribution in [3.8, 4) is 0 Å². The average Bonchev–Trinajstić information content (AvgIpc) is 2.61. The highest BCUT2D eigenvalue weighted by atomic mass is 16.3. The largest absolute Gasteiger partial charge is 0.389 e. The average molecular weight is 163 g/mol. The van der Waals surface area contributed by atoms with Crippen molar-refractivity contribution in [3.63, 3.8) is 0 Å². The third-order valence-corrected chi connectivity index (χ3v) is 2.65. The van der Waals surface area contributed by atoms with Crippen molar-refractivity contribution in [2.75, 3.05) is 0 Å². The number of aliphatic hydroxyl groups is 1. The van der Waals surface area contributed by atoms with Gasteiger partial charge in [-0.15, -0.1) is 0 Å². The molecular formula is C10H13NO. The minimum absolute atomic E-state index is 0.428. The highest BCUT2D eigenvalue weighted by molar-refractivity contribution is 5.16. The molecule has 1 heterocycles. The van der Waals surface area contributed by atoms with Gasteiger partial charge in [0.15, 0.2) is 0 Å². The molecule has 64 valence electrons. The summed E-state index contributed by atoms with van der Waals surface area (Å²) < 4.78 is 0. The highest BCUT2D eigenvalue weighted by Gasteiger charge is 2.49. The molecule has 2 nitrogen and oxygen atoms in total. The molecule has 1 aromatic rings. The number of hydrogen-bond acceptors (Lipinski definition) is 2. The van der Waals surface area contributed by atoms with Crippen molar-refractivity contribution in [2.24, 2.45) is 5.92 Å². The second kappa shape index (κ2) is 2.56. The molecule has 0 amide bonds. The molecule has 0 radical (unpaired) electrons. The van der Waals surface area contributed by atoms with Crippen molar-refractivity contribution in [1.29, 1.82) is 0 Å². The van der Waals surface area contributed by atoms with Gasteiger partial charge in [-0.05, 0) is 24.0 Å². The summed E-state index contributed by atoms with van der Waals surface area (Å²) >= 11 is 0. The maximum absolute atomic E-state index is 9.82. The summed E-state index contributed by atoms with van der Waals surface area (Å²) in [4.78, 5) is 4.01. The van der Waals surface area contributed by atoms with Gasteiger partial charge in [0.05, 0.1) is 5.60 Å². The smallest absolute Gasteiger partial charge is 0.0718 e. The molecule has 1 saturated carbocycles. The first-order valence-corrected chi connectivity index (χ1v) is 4.32. The topological polar surface area (TPSA) is 33.1 Å². The zero-order chi connectivity index (χ0) is 8.60. The zero-order valence-corrected chi connectivity index (χ0v) is 7.20. The first-order chi connectivity index (χ1) is 5.71. The van der Waals surface area contributed by atoms with E-state index >= 15 is 0 Å². The van der Waals surface area contributed by atoms with E-state index in [0.717, 1.165) is 18.4 Å². The van der Waals surface area contributed by atoms with Crippen LogP contribution >= 0.6 is 0 Å². The Morgan fingerprint density at radius 3 is 3.00 bits per heavy atom. The molecule has 2 rings (SSSR count). The molecule has 1 aromatic heterocycles. The third-order valence-electron chi connectivity index (χ3n) is 2.65. The van der Waals surface area contributed by atoms with Crippen LogP contribution in [-0.4, -0.2) is 15.7 Å². The van der Waals surface area contributed by atoms with Gasteiger partial charge in [0, 0.05) is 18.8 Å². The molecule has 2 heteroatoms. The van der Waals surface area contributed by atoms with Crippen molar-refractivity contribution in [1.82, 2.24) is 4.98 Å². The van der Waals surface area contributed by atoms with Crippen LogP contribution in [0.1, 0.15) is 18.9 Å². The fraction of sp³-hybridized carbons (Fsp3) is 0.500. The van der Waals surface area contributed by atoms with Gasteiger partial charge in [-0.3, -0.25) is 4.98 Å². The minimum atomic E-state index is -0.428. The minimum Gasteiger partial charge on any atom is -0.389 e. The van der Waals surface area contributed by atoms with Crippen LogP contribution in [0.25, 0.3) is 0 Å². The van der Waals surface area contributed by atoms with Crippen molar-refractivity contribution < 1.29 is 5.11 Å². The predicted molar refractivity (Wildman–Crippen MR) is 46.7 cm³/mol. The van der Waals surface area contributed by atoms with E-state index in [0.29, 0.717) is 5.92 Å². The first kappa shape index (κ1) is 7.74. The molecule has 0 spiro atoms. The van der Waals surface area contributed by atoms with Crippen LogP contribution in [0.2, 0.25) is 0 Å². The lowest BCUT2D eigenvalue weighted by atomic mass is 10.1. The molecular weight excluding hydrogens is 150 g/mol. The molecule has 2 atom stereocenters. The second-order valence-corrected chi connectivity index (χ2v) is 3.75.